The number of fused-ring (bicyclic) bond motifs is 1. The topological polar surface area (TPSA) is 282 Å². The summed E-state index contributed by atoms with van der Waals surface area (Å²) in [5.74, 6) is -1.66. The van der Waals surface area contributed by atoms with Crippen LogP contribution < -0.4 is 10.2 Å². The maximum atomic E-state index is 12.3. The number of nitrogens with one attached hydrogen (secondary N) is 1. The zero-order chi connectivity index (χ0) is 35.2. The average molecular weight is 805 g/mol. The number of aromatic nitrogens is 3. The fourth-order valence-electron chi connectivity index (χ4n) is 4.26. The number of phenolic OH excluding ortho intramolecular Hbond substituents is 2. The Kier molecular flexibility index (Phi) is 10.5. The Labute approximate surface area is 297 Å². The number of hydrogen-bond donors (Lipinski definition) is 6. The van der Waals surface area contributed by atoms with E-state index >= 15 is 0 Å². The van der Waals surface area contributed by atoms with Gasteiger partial charge in [-0.2, -0.15) is 40.2 Å². The van der Waals surface area contributed by atoms with E-state index in [0.717, 1.165) is 30.3 Å². The SMILES string of the molecule is CN(c1ccc2c(O)c(N=Nc3cc(S(=O)(=O)O)ccc3O)c(S(=O)(=O)O)cc2c1)c1nc(Cl)nc(Nc2ccccc2S(=O)(=O)O)n1.[Cu].[H+].[H+].[H+]. The monoisotopic (exact) mass is 803 g/mol. The predicted molar refractivity (Wildman–Crippen MR) is 173 cm³/mol. The first-order chi connectivity index (χ1) is 22.3. The summed E-state index contributed by atoms with van der Waals surface area (Å²) in [7, 11) is -12.9. The summed E-state index contributed by atoms with van der Waals surface area (Å²) in [6.07, 6.45) is 0. The quantitative estimate of drug-likeness (QED) is 0.0642. The Morgan fingerprint density at radius 3 is 2.12 bits per heavy atom. The summed E-state index contributed by atoms with van der Waals surface area (Å²) in [5.41, 5.74) is -1.05. The van der Waals surface area contributed by atoms with Crippen LogP contribution in [-0.4, -0.2) is 71.1 Å². The van der Waals surface area contributed by atoms with Crippen molar-refractivity contribution < 1.29 is 70.5 Å². The first kappa shape index (κ1) is 37.3. The molecule has 49 heavy (non-hydrogen) atoms. The smallest absolute Gasteiger partial charge is 0.506 e. The minimum Gasteiger partial charge on any atom is -0.506 e. The molecule has 0 spiro atoms. The molecule has 18 nitrogen and oxygen atoms in total. The zero-order valence-corrected chi connectivity index (χ0v) is 28.3. The van der Waals surface area contributed by atoms with E-state index < -0.39 is 67.9 Å². The number of azo groups is 1. The Balaban J connectivity index is 0.00000338. The second kappa shape index (κ2) is 13.8. The van der Waals surface area contributed by atoms with Gasteiger partial charge in [0, 0.05) is 35.2 Å². The summed E-state index contributed by atoms with van der Waals surface area (Å²) < 4.78 is 99.9. The molecule has 0 aliphatic carbocycles. The maximum absolute atomic E-state index is 12.3. The molecule has 0 atom stereocenters. The van der Waals surface area contributed by atoms with Crippen LogP contribution >= 0.6 is 11.6 Å². The molecule has 0 fully saturated rings. The molecule has 261 valence electrons. The summed E-state index contributed by atoms with van der Waals surface area (Å²) in [6, 6.07) is 13.0. The third-order valence-electron chi connectivity index (χ3n) is 6.51. The largest absolute Gasteiger partial charge is 1.00 e. The van der Waals surface area contributed by atoms with Gasteiger partial charge < -0.3 is 20.4 Å². The number of benzene rings is 4. The van der Waals surface area contributed by atoms with Gasteiger partial charge in [0.05, 0.1) is 10.6 Å². The van der Waals surface area contributed by atoms with Crippen LogP contribution in [0.4, 0.5) is 34.6 Å². The van der Waals surface area contributed by atoms with Crippen molar-refractivity contribution in [2.45, 2.75) is 14.7 Å². The molecule has 1 heterocycles. The first-order valence-electron chi connectivity index (χ1n) is 12.8. The fraction of sp³-hybridized carbons (Fsp3) is 0.0385. The van der Waals surface area contributed by atoms with E-state index in [1.165, 1.54) is 48.3 Å². The van der Waals surface area contributed by atoms with Crippen molar-refractivity contribution in [3.05, 3.63) is 72.0 Å². The van der Waals surface area contributed by atoms with Crippen molar-refractivity contribution in [2.75, 3.05) is 17.3 Å². The summed E-state index contributed by atoms with van der Waals surface area (Å²) in [5, 5.41) is 30.7. The normalized spacial score (nSPS) is 12.2. The van der Waals surface area contributed by atoms with Gasteiger partial charge in [-0.05, 0) is 71.6 Å². The van der Waals surface area contributed by atoms with Crippen LogP contribution in [0.1, 0.15) is 4.28 Å². The summed E-state index contributed by atoms with van der Waals surface area (Å²) >= 11 is 6.10. The molecular formula is C26H23ClCuN7O11S3+3. The number of hydrogen-bond acceptors (Lipinski definition) is 15. The third-order valence-corrected chi connectivity index (χ3v) is 9.31. The van der Waals surface area contributed by atoms with Crippen molar-refractivity contribution in [3.8, 4) is 11.5 Å². The molecule has 0 bridgehead atoms. The molecule has 1 aromatic heterocycles. The average Bonchev–Trinajstić information content (AvgIpc) is 2.99. The van der Waals surface area contributed by atoms with Gasteiger partial charge in [-0.1, -0.05) is 12.1 Å². The van der Waals surface area contributed by atoms with Crippen LogP contribution in [0, 0.1) is 0 Å². The number of para-hydroxylation sites is 1. The van der Waals surface area contributed by atoms with Crippen LogP contribution in [0.5, 0.6) is 11.5 Å². The number of aromatic hydroxyl groups is 2. The van der Waals surface area contributed by atoms with Crippen LogP contribution in [0.15, 0.2) is 91.6 Å². The predicted octanol–water partition coefficient (Wildman–Crippen LogP) is 5.09. The molecule has 1 radical (unpaired) electrons. The van der Waals surface area contributed by atoms with Gasteiger partial charge in [-0.25, -0.2) is 0 Å². The number of nitrogens with zero attached hydrogens (tertiary/aromatic N) is 6. The van der Waals surface area contributed by atoms with Gasteiger partial charge in [0.25, 0.3) is 30.4 Å². The summed E-state index contributed by atoms with van der Waals surface area (Å²) in [4.78, 5) is 11.5. The molecule has 0 amide bonds. The first-order valence-corrected chi connectivity index (χ1v) is 17.5. The molecule has 0 aliphatic heterocycles. The van der Waals surface area contributed by atoms with E-state index in [1.807, 2.05) is 0 Å². The van der Waals surface area contributed by atoms with Crippen LogP contribution in [-0.2, 0) is 47.4 Å². The Bertz CT molecular complexity index is 2510. The Morgan fingerprint density at radius 2 is 1.47 bits per heavy atom. The minimum absolute atomic E-state index is 0. The van der Waals surface area contributed by atoms with Crippen molar-refractivity contribution in [3.63, 3.8) is 0 Å². The number of anilines is 4. The molecule has 6 N–H and O–H groups in total. The molecule has 0 unspecified atom stereocenters. The van der Waals surface area contributed by atoms with Gasteiger partial charge >= 0.3 is 4.28 Å². The third kappa shape index (κ3) is 8.21. The van der Waals surface area contributed by atoms with Gasteiger partial charge in [0.2, 0.25) is 17.2 Å². The second-order valence-corrected chi connectivity index (χ2v) is 14.2. The van der Waals surface area contributed by atoms with Gasteiger partial charge in [0.1, 0.15) is 26.9 Å². The van der Waals surface area contributed by atoms with E-state index in [2.05, 4.69) is 30.5 Å². The number of phenols is 2. The Morgan fingerprint density at radius 1 is 0.796 bits per heavy atom. The van der Waals surface area contributed by atoms with Crippen LogP contribution in [0.25, 0.3) is 10.8 Å². The molecule has 0 saturated heterocycles. The molecule has 0 saturated carbocycles. The number of rotatable bonds is 9. The Hall–Kier alpha value is -4.51. The van der Waals surface area contributed by atoms with Gasteiger partial charge in [-0.15, -0.1) is 10.2 Å². The number of halogens is 1. The molecule has 5 aromatic rings. The van der Waals surface area contributed by atoms with Crippen molar-refractivity contribution in [1.82, 2.24) is 15.0 Å². The molecule has 5 rings (SSSR count). The molecule has 0 aliphatic rings. The fourth-order valence-corrected chi connectivity index (χ4v) is 6.23. The van der Waals surface area contributed by atoms with E-state index in [1.54, 1.807) is 0 Å². The molecular weight excluding hydrogens is 782 g/mol. The van der Waals surface area contributed by atoms with Crippen molar-refractivity contribution in [2.24, 2.45) is 10.2 Å². The van der Waals surface area contributed by atoms with Gasteiger partial charge in [0.15, 0.2) is 5.75 Å². The van der Waals surface area contributed by atoms with E-state index in [0.29, 0.717) is 0 Å². The standard InChI is InChI=1S/C26H20ClN7O11S3.Cu/c1-34(26-30-24(27)29-25(31-26)28-17-4-2-3-5-20(17)47(40,41)42)14-6-8-16-13(10-14)11-21(48(43,44)45)22(23(16)36)33-32-18-12-15(46(37,38)39)7-9-19(18)35;/h2-12,35-36H,1H3,(H,37,38,39)(H,40,41,42)(H,43,44,45)(H,28,29,30,31);/p+3. The van der Waals surface area contributed by atoms with E-state index in [9.17, 15) is 49.1 Å². The second-order valence-electron chi connectivity index (χ2n) is 9.66. The van der Waals surface area contributed by atoms with Crippen molar-refractivity contribution >= 4 is 87.4 Å². The zero-order valence-electron chi connectivity index (χ0n) is 27.1. The minimum atomic E-state index is -5.08. The van der Waals surface area contributed by atoms with E-state index in [4.69, 9.17) is 11.6 Å². The van der Waals surface area contributed by atoms with Gasteiger partial charge in [-0.3, -0.25) is 13.7 Å². The summed E-state index contributed by atoms with van der Waals surface area (Å²) in [6.45, 7) is 0. The van der Waals surface area contributed by atoms with Crippen molar-refractivity contribution in [1.29, 1.82) is 0 Å². The molecule has 4 aromatic carbocycles. The van der Waals surface area contributed by atoms with Crippen LogP contribution in [0.2, 0.25) is 5.28 Å². The van der Waals surface area contributed by atoms with E-state index in [-0.39, 0.29) is 60.7 Å². The maximum Gasteiger partial charge on any atom is 1.00 e. The molecule has 23 heteroatoms. The van der Waals surface area contributed by atoms with Crippen LogP contribution in [0.3, 0.4) is 0 Å².